The normalized spacial score (nSPS) is 12.5. The standard InChI is InChI=1S/C9H7NO6/c11-9(12)2-5-1-7-8(16-4-15-7)3-6(5)10(13)14/h1,3H,2,4H2,(H,11,12). The number of carboxylic acids is 1. The summed E-state index contributed by atoms with van der Waals surface area (Å²) in [6.45, 7) is -0.0109. The van der Waals surface area contributed by atoms with Crippen molar-refractivity contribution < 1.29 is 24.3 Å². The van der Waals surface area contributed by atoms with Gasteiger partial charge in [0.1, 0.15) is 0 Å². The molecule has 0 amide bonds. The molecule has 0 aliphatic carbocycles. The molecular formula is C9H7NO6. The number of nitro groups is 1. The Morgan fingerprint density at radius 3 is 2.62 bits per heavy atom. The molecule has 2 rings (SSSR count). The second-order valence-electron chi connectivity index (χ2n) is 3.16. The fourth-order valence-corrected chi connectivity index (χ4v) is 1.45. The minimum Gasteiger partial charge on any atom is -0.481 e. The van der Waals surface area contributed by atoms with Crippen molar-refractivity contribution in [2.24, 2.45) is 0 Å². The van der Waals surface area contributed by atoms with Crippen LogP contribution in [0.25, 0.3) is 0 Å². The van der Waals surface area contributed by atoms with Gasteiger partial charge < -0.3 is 14.6 Å². The molecule has 16 heavy (non-hydrogen) atoms. The molecular weight excluding hydrogens is 218 g/mol. The Labute approximate surface area is 89.4 Å². The number of hydrogen-bond acceptors (Lipinski definition) is 5. The van der Waals surface area contributed by atoms with Gasteiger partial charge >= 0.3 is 5.97 Å². The van der Waals surface area contributed by atoms with Crippen LogP contribution in [0, 0.1) is 10.1 Å². The van der Waals surface area contributed by atoms with Crippen LogP contribution in [-0.4, -0.2) is 22.8 Å². The summed E-state index contributed by atoms with van der Waals surface area (Å²) in [7, 11) is 0. The van der Waals surface area contributed by atoms with Crippen LogP contribution in [0.15, 0.2) is 12.1 Å². The first-order valence-electron chi connectivity index (χ1n) is 4.36. The van der Waals surface area contributed by atoms with E-state index in [4.69, 9.17) is 14.6 Å². The Bertz CT molecular complexity index is 469. The molecule has 0 saturated heterocycles. The number of fused-ring (bicyclic) bond motifs is 1. The van der Waals surface area contributed by atoms with Gasteiger partial charge in [0.25, 0.3) is 5.69 Å². The maximum absolute atomic E-state index is 10.7. The van der Waals surface area contributed by atoms with Crippen LogP contribution in [-0.2, 0) is 11.2 Å². The number of nitro benzene ring substituents is 1. The van der Waals surface area contributed by atoms with Gasteiger partial charge in [-0.1, -0.05) is 0 Å². The van der Waals surface area contributed by atoms with Crippen molar-refractivity contribution >= 4 is 11.7 Å². The van der Waals surface area contributed by atoms with E-state index in [0.29, 0.717) is 5.75 Å². The summed E-state index contributed by atoms with van der Waals surface area (Å²) in [5, 5.41) is 19.3. The highest BCUT2D eigenvalue weighted by Gasteiger charge is 2.24. The Balaban J connectivity index is 2.48. The van der Waals surface area contributed by atoms with Gasteiger partial charge in [-0.05, 0) is 6.07 Å². The lowest BCUT2D eigenvalue weighted by molar-refractivity contribution is -0.385. The van der Waals surface area contributed by atoms with Crippen molar-refractivity contribution in [3.63, 3.8) is 0 Å². The summed E-state index contributed by atoms with van der Waals surface area (Å²) in [6.07, 6.45) is -0.424. The first-order chi connectivity index (χ1) is 7.58. The second kappa shape index (κ2) is 3.69. The molecule has 0 aromatic heterocycles. The summed E-state index contributed by atoms with van der Waals surface area (Å²) < 4.78 is 9.99. The molecule has 7 heteroatoms. The van der Waals surface area contributed by atoms with Crippen LogP contribution in [0.4, 0.5) is 5.69 Å². The average molecular weight is 225 g/mol. The minimum absolute atomic E-state index is 0.0109. The Hall–Kier alpha value is -2.31. The topological polar surface area (TPSA) is 98.9 Å². The van der Waals surface area contributed by atoms with Crippen molar-refractivity contribution in [3.8, 4) is 11.5 Å². The lowest BCUT2D eigenvalue weighted by Gasteiger charge is -2.02. The van der Waals surface area contributed by atoms with Gasteiger partial charge in [-0.2, -0.15) is 0 Å². The predicted octanol–water partition coefficient (Wildman–Crippen LogP) is 0.951. The van der Waals surface area contributed by atoms with E-state index in [0.717, 1.165) is 0 Å². The van der Waals surface area contributed by atoms with E-state index < -0.39 is 17.3 Å². The fourth-order valence-electron chi connectivity index (χ4n) is 1.45. The summed E-state index contributed by atoms with van der Waals surface area (Å²) >= 11 is 0. The zero-order valence-electron chi connectivity index (χ0n) is 8.00. The van der Waals surface area contributed by atoms with Crippen LogP contribution in [0.5, 0.6) is 11.5 Å². The van der Waals surface area contributed by atoms with E-state index in [2.05, 4.69) is 0 Å². The average Bonchev–Trinajstić information content (AvgIpc) is 2.62. The number of aliphatic carboxylic acids is 1. The van der Waals surface area contributed by atoms with Gasteiger partial charge in [-0.15, -0.1) is 0 Å². The summed E-state index contributed by atoms with van der Waals surface area (Å²) in [4.78, 5) is 20.6. The SMILES string of the molecule is O=C(O)Cc1cc2c(cc1[N+](=O)[O-])OCO2. The lowest BCUT2D eigenvalue weighted by atomic mass is 10.1. The van der Waals surface area contributed by atoms with E-state index in [1.807, 2.05) is 0 Å². The number of hydrogen-bond donors (Lipinski definition) is 1. The molecule has 0 bridgehead atoms. The molecule has 1 aliphatic rings. The van der Waals surface area contributed by atoms with E-state index in [-0.39, 0.29) is 23.8 Å². The van der Waals surface area contributed by atoms with Crippen molar-refractivity contribution in [1.29, 1.82) is 0 Å². The summed E-state index contributed by atoms with van der Waals surface area (Å²) in [5.41, 5.74) is -0.173. The molecule has 1 aromatic carbocycles. The van der Waals surface area contributed by atoms with Gasteiger partial charge in [-0.3, -0.25) is 14.9 Å². The first kappa shape index (κ1) is 10.2. The quantitative estimate of drug-likeness (QED) is 0.607. The fraction of sp³-hybridized carbons (Fsp3) is 0.222. The van der Waals surface area contributed by atoms with Crippen LogP contribution in [0.1, 0.15) is 5.56 Å². The van der Waals surface area contributed by atoms with E-state index in [9.17, 15) is 14.9 Å². The summed E-state index contributed by atoms with van der Waals surface area (Å²) in [5.74, 6) is -0.537. The predicted molar refractivity (Wildman–Crippen MR) is 50.6 cm³/mol. The van der Waals surface area contributed by atoms with Crippen molar-refractivity contribution in [2.75, 3.05) is 6.79 Å². The largest absolute Gasteiger partial charge is 0.481 e. The molecule has 0 atom stereocenters. The van der Waals surface area contributed by atoms with Crippen LogP contribution < -0.4 is 9.47 Å². The number of benzene rings is 1. The van der Waals surface area contributed by atoms with Gasteiger partial charge in [0, 0.05) is 5.56 Å². The van der Waals surface area contributed by atoms with Crippen LogP contribution >= 0.6 is 0 Å². The molecule has 1 aliphatic heterocycles. The van der Waals surface area contributed by atoms with Gasteiger partial charge in [-0.25, -0.2) is 0 Å². The Morgan fingerprint density at radius 2 is 2.06 bits per heavy atom. The third kappa shape index (κ3) is 1.74. The van der Waals surface area contributed by atoms with Crippen molar-refractivity contribution in [1.82, 2.24) is 0 Å². The Kier molecular flexibility index (Phi) is 2.35. The molecule has 1 aromatic rings. The van der Waals surface area contributed by atoms with E-state index >= 15 is 0 Å². The number of carboxylic acid groups (broad SMARTS) is 1. The van der Waals surface area contributed by atoms with Gasteiger partial charge in [0.2, 0.25) is 6.79 Å². The van der Waals surface area contributed by atoms with Crippen LogP contribution in [0.3, 0.4) is 0 Å². The van der Waals surface area contributed by atoms with E-state index in [1.165, 1.54) is 12.1 Å². The zero-order chi connectivity index (χ0) is 11.7. The third-order valence-corrected chi connectivity index (χ3v) is 2.11. The van der Waals surface area contributed by atoms with Crippen molar-refractivity contribution in [3.05, 3.63) is 27.8 Å². The molecule has 7 nitrogen and oxygen atoms in total. The molecule has 84 valence electrons. The minimum atomic E-state index is -1.14. The molecule has 0 unspecified atom stereocenters. The third-order valence-electron chi connectivity index (χ3n) is 2.11. The smallest absolute Gasteiger partial charge is 0.308 e. The highest BCUT2D eigenvalue weighted by molar-refractivity contribution is 5.73. The molecule has 0 spiro atoms. The Morgan fingerprint density at radius 1 is 1.44 bits per heavy atom. The highest BCUT2D eigenvalue weighted by Crippen LogP contribution is 2.38. The molecule has 1 N–H and O–H groups in total. The van der Waals surface area contributed by atoms with Crippen LogP contribution in [0.2, 0.25) is 0 Å². The second-order valence-corrected chi connectivity index (χ2v) is 3.16. The van der Waals surface area contributed by atoms with E-state index in [1.54, 1.807) is 0 Å². The summed E-state index contributed by atoms with van der Waals surface area (Å²) in [6, 6.07) is 2.51. The zero-order valence-corrected chi connectivity index (χ0v) is 8.00. The molecule has 0 fully saturated rings. The van der Waals surface area contributed by atoms with Gasteiger partial charge in [0.05, 0.1) is 17.4 Å². The highest BCUT2D eigenvalue weighted by atomic mass is 16.7. The molecule has 0 saturated carbocycles. The number of ether oxygens (including phenoxy) is 2. The number of carbonyl (C=O) groups is 1. The molecule has 0 radical (unpaired) electrons. The van der Waals surface area contributed by atoms with Crippen molar-refractivity contribution in [2.45, 2.75) is 6.42 Å². The first-order valence-corrected chi connectivity index (χ1v) is 4.36. The maximum atomic E-state index is 10.7. The monoisotopic (exact) mass is 225 g/mol. The van der Waals surface area contributed by atoms with Gasteiger partial charge in [0.15, 0.2) is 11.5 Å². The number of rotatable bonds is 3. The number of nitrogens with zero attached hydrogens (tertiary/aromatic N) is 1. The molecule has 1 heterocycles. The maximum Gasteiger partial charge on any atom is 0.308 e. The lowest BCUT2D eigenvalue weighted by Crippen LogP contribution is -2.03.